The molecule has 4 aliphatic carbocycles. The second kappa shape index (κ2) is 7.68. The number of phenolic OH excluding ortho intramolecular Hbond substituents is 2. The van der Waals surface area contributed by atoms with E-state index in [9.17, 15) is 10.2 Å². The van der Waals surface area contributed by atoms with Gasteiger partial charge in [0.25, 0.3) is 0 Å². The Morgan fingerprint density at radius 2 is 1.16 bits per heavy atom. The Kier molecular flexibility index (Phi) is 5.06. The number of hydrogen-bond acceptors (Lipinski definition) is 6. The molecule has 6 nitrogen and oxygen atoms in total. The Balaban J connectivity index is 1.76. The van der Waals surface area contributed by atoms with Gasteiger partial charge in [-0.25, -0.2) is 0 Å². The molecule has 4 bridgehead atoms. The van der Waals surface area contributed by atoms with Crippen LogP contribution in [0.25, 0.3) is 0 Å². The van der Waals surface area contributed by atoms with E-state index in [1.54, 1.807) is 0 Å². The zero-order valence-electron chi connectivity index (χ0n) is 18.9. The zero-order valence-corrected chi connectivity index (χ0v) is 18.9. The predicted molar refractivity (Wildman–Crippen MR) is 125 cm³/mol. The summed E-state index contributed by atoms with van der Waals surface area (Å²) in [6.07, 6.45) is 6.02. The normalized spacial score (nSPS) is 27.4. The van der Waals surface area contributed by atoms with Crippen LogP contribution in [0, 0.1) is 23.7 Å². The summed E-state index contributed by atoms with van der Waals surface area (Å²) in [5.74, 6) is 3.26. The molecule has 6 heteroatoms. The minimum absolute atomic E-state index is 0.00482. The average molecular weight is 439 g/mol. The number of benzene rings is 2. The van der Waals surface area contributed by atoms with Crippen molar-refractivity contribution in [2.75, 3.05) is 24.7 Å². The van der Waals surface area contributed by atoms with Crippen LogP contribution >= 0.6 is 0 Å². The van der Waals surface area contributed by atoms with Crippen LogP contribution in [0.5, 0.6) is 23.0 Å². The van der Waals surface area contributed by atoms with Crippen LogP contribution in [0.3, 0.4) is 0 Å². The van der Waals surface area contributed by atoms with Gasteiger partial charge in [-0.1, -0.05) is 0 Å². The van der Waals surface area contributed by atoms with E-state index >= 15 is 0 Å². The van der Waals surface area contributed by atoms with Crippen LogP contribution in [0.15, 0.2) is 24.3 Å². The smallest absolute Gasteiger partial charge is 0.181 e. The molecule has 172 valence electrons. The minimum atomic E-state index is -0.311. The SMILES string of the molecule is CCOc1cc(C2(c3cc(N)c(O)c(OCC)c3)C3CC4CC(C3)CC2C4)cc(N)c1O. The van der Waals surface area contributed by atoms with E-state index in [0.29, 0.717) is 47.9 Å². The summed E-state index contributed by atoms with van der Waals surface area (Å²) < 4.78 is 11.5. The Labute approximate surface area is 189 Å². The summed E-state index contributed by atoms with van der Waals surface area (Å²) >= 11 is 0. The van der Waals surface area contributed by atoms with Gasteiger partial charge in [0.1, 0.15) is 0 Å². The Hall–Kier alpha value is -2.76. The molecule has 32 heavy (non-hydrogen) atoms. The van der Waals surface area contributed by atoms with Crippen LogP contribution in [-0.2, 0) is 5.41 Å². The average Bonchev–Trinajstić information content (AvgIpc) is 2.75. The summed E-state index contributed by atoms with van der Waals surface area (Å²) in [6, 6.07) is 7.79. The van der Waals surface area contributed by atoms with Gasteiger partial charge < -0.3 is 31.2 Å². The molecule has 0 spiro atoms. The number of anilines is 2. The largest absolute Gasteiger partial charge is 0.503 e. The number of aromatic hydroxyl groups is 2. The molecule has 4 fully saturated rings. The van der Waals surface area contributed by atoms with Gasteiger partial charge >= 0.3 is 0 Å². The lowest BCUT2D eigenvalue weighted by atomic mass is 9.42. The van der Waals surface area contributed by atoms with Crippen LogP contribution < -0.4 is 20.9 Å². The van der Waals surface area contributed by atoms with Crippen molar-refractivity contribution in [3.05, 3.63) is 35.4 Å². The topological polar surface area (TPSA) is 111 Å². The van der Waals surface area contributed by atoms with Gasteiger partial charge in [0, 0.05) is 5.41 Å². The lowest BCUT2D eigenvalue weighted by Crippen LogP contribution is -2.56. The molecule has 0 aliphatic heterocycles. The van der Waals surface area contributed by atoms with Crippen molar-refractivity contribution in [3.8, 4) is 23.0 Å². The fourth-order valence-corrected chi connectivity index (χ4v) is 7.30. The van der Waals surface area contributed by atoms with E-state index in [0.717, 1.165) is 23.0 Å². The van der Waals surface area contributed by atoms with E-state index in [4.69, 9.17) is 20.9 Å². The second-order valence-electron chi connectivity index (χ2n) is 9.86. The van der Waals surface area contributed by atoms with Gasteiger partial charge in [-0.05, 0) is 105 Å². The maximum absolute atomic E-state index is 10.5. The predicted octanol–water partition coefficient (Wildman–Crippen LogP) is 4.80. The second-order valence-corrected chi connectivity index (χ2v) is 9.86. The first-order valence-electron chi connectivity index (χ1n) is 11.9. The van der Waals surface area contributed by atoms with Gasteiger partial charge in [-0.3, -0.25) is 0 Å². The summed E-state index contributed by atoms with van der Waals surface area (Å²) in [5, 5.41) is 21.1. The Morgan fingerprint density at radius 1 is 0.750 bits per heavy atom. The van der Waals surface area contributed by atoms with Gasteiger partial charge in [0.05, 0.1) is 24.6 Å². The molecule has 0 saturated heterocycles. The lowest BCUT2D eigenvalue weighted by molar-refractivity contribution is -0.0419. The highest BCUT2D eigenvalue weighted by molar-refractivity contribution is 5.67. The maximum atomic E-state index is 10.5. The van der Waals surface area contributed by atoms with E-state index < -0.39 is 0 Å². The molecular weight excluding hydrogens is 404 g/mol. The number of hydrogen-bond donors (Lipinski definition) is 4. The number of rotatable bonds is 6. The molecule has 6 rings (SSSR count). The summed E-state index contributed by atoms with van der Waals surface area (Å²) in [5.41, 5.74) is 15.1. The van der Waals surface area contributed by atoms with Crippen molar-refractivity contribution in [2.45, 2.75) is 51.4 Å². The fraction of sp³-hybridized carbons (Fsp3) is 0.538. The highest BCUT2D eigenvalue weighted by Gasteiger charge is 2.59. The first kappa shape index (κ1) is 21.1. The van der Waals surface area contributed by atoms with Crippen molar-refractivity contribution in [3.63, 3.8) is 0 Å². The molecule has 0 heterocycles. The molecule has 4 aliphatic rings. The molecule has 0 atom stereocenters. The van der Waals surface area contributed by atoms with E-state index in [2.05, 4.69) is 0 Å². The molecule has 2 aromatic rings. The molecule has 0 unspecified atom stereocenters. The van der Waals surface area contributed by atoms with E-state index in [1.165, 1.54) is 32.1 Å². The Bertz CT molecular complexity index is 943. The van der Waals surface area contributed by atoms with Crippen LogP contribution in [0.4, 0.5) is 11.4 Å². The quantitative estimate of drug-likeness (QED) is 0.381. The standard InChI is InChI=1S/C26H34N2O4/c1-3-31-22-12-18(10-20(27)24(22)29)26(16-6-14-5-15(8-16)9-17(26)7-14)19-11-21(28)25(30)23(13-19)32-4-2/h10-17,29-30H,3-9,27-28H2,1-2H3. The van der Waals surface area contributed by atoms with Gasteiger partial charge in [0.15, 0.2) is 23.0 Å². The molecule has 0 aromatic heterocycles. The number of nitrogens with two attached hydrogens (primary N) is 2. The third-order valence-corrected chi connectivity index (χ3v) is 8.19. The van der Waals surface area contributed by atoms with Crippen LogP contribution in [0.1, 0.15) is 57.1 Å². The molecular formula is C26H34N2O4. The van der Waals surface area contributed by atoms with Gasteiger partial charge in [-0.15, -0.1) is 0 Å². The monoisotopic (exact) mass is 438 g/mol. The van der Waals surface area contributed by atoms with Gasteiger partial charge in [0.2, 0.25) is 0 Å². The highest BCUT2D eigenvalue weighted by Crippen LogP contribution is 2.66. The molecule has 0 radical (unpaired) electrons. The zero-order chi connectivity index (χ0) is 22.6. The third kappa shape index (κ3) is 2.99. The van der Waals surface area contributed by atoms with Crippen molar-refractivity contribution in [2.24, 2.45) is 23.7 Å². The third-order valence-electron chi connectivity index (χ3n) is 8.19. The summed E-state index contributed by atoms with van der Waals surface area (Å²) in [6.45, 7) is 4.69. The van der Waals surface area contributed by atoms with Gasteiger partial charge in [-0.2, -0.15) is 0 Å². The number of ether oxygens (including phenoxy) is 2. The first-order chi connectivity index (χ1) is 15.4. The van der Waals surface area contributed by atoms with E-state index in [-0.39, 0.29) is 16.9 Å². The van der Waals surface area contributed by atoms with Crippen LogP contribution in [-0.4, -0.2) is 23.4 Å². The van der Waals surface area contributed by atoms with Crippen molar-refractivity contribution in [1.82, 2.24) is 0 Å². The van der Waals surface area contributed by atoms with Crippen molar-refractivity contribution in [1.29, 1.82) is 0 Å². The molecule has 4 saturated carbocycles. The molecule has 0 amide bonds. The van der Waals surface area contributed by atoms with Crippen LogP contribution in [0.2, 0.25) is 0 Å². The molecule has 6 N–H and O–H groups in total. The highest BCUT2D eigenvalue weighted by atomic mass is 16.5. The van der Waals surface area contributed by atoms with E-state index in [1.807, 2.05) is 38.1 Å². The number of nitrogen functional groups attached to an aromatic ring is 2. The first-order valence-corrected chi connectivity index (χ1v) is 11.9. The number of phenols is 2. The van der Waals surface area contributed by atoms with Crippen molar-refractivity contribution >= 4 is 11.4 Å². The summed E-state index contributed by atoms with van der Waals surface area (Å²) in [4.78, 5) is 0. The molecule has 2 aromatic carbocycles. The van der Waals surface area contributed by atoms with Crippen molar-refractivity contribution < 1.29 is 19.7 Å². The fourth-order valence-electron chi connectivity index (χ4n) is 7.30. The Morgan fingerprint density at radius 3 is 1.53 bits per heavy atom. The lowest BCUT2D eigenvalue weighted by Gasteiger charge is -2.62. The maximum Gasteiger partial charge on any atom is 0.181 e. The summed E-state index contributed by atoms with van der Waals surface area (Å²) in [7, 11) is 0. The minimum Gasteiger partial charge on any atom is -0.503 e.